The van der Waals surface area contributed by atoms with Gasteiger partial charge in [0, 0.05) is 19.1 Å². The second kappa shape index (κ2) is 7.68. The molecule has 28 heavy (non-hydrogen) atoms. The smallest absolute Gasteiger partial charge is 0.410 e. The van der Waals surface area contributed by atoms with Crippen molar-refractivity contribution in [2.45, 2.75) is 57.4 Å². The number of amides is 1. The van der Waals surface area contributed by atoms with Gasteiger partial charge in [0.25, 0.3) is 0 Å². The van der Waals surface area contributed by atoms with Crippen molar-refractivity contribution in [3.63, 3.8) is 0 Å². The van der Waals surface area contributed by atoms with Gasteiger partial charge in [-0.3, -0.25) is 0 Å². The van der Waals surface area contributed by atoms with Crippen LogP contribution in [0.15, 0.2) is 18.2 Å². The summed E-state index contributed by atoms with van der Waals surface area (Å²) in [5, 5.41) is 2.81. The van der Waals surface area contributed by atoms with Crippen molar-refractivity contribution >= 4 is 6.09 Å². The van der Waals surface area contributed by atoms with Gasteiger partial charge in [0.15, 0.2) is 0 Å². The molecule has 1 amide bonds. The first-order valence-corrected chi connectivity index (χ1v) is 10.9. The maximum absolute atomic E-state index is 12.0. The summed E-state index contributed by atoms with van der Waals surface area (Å²) in [6.45, 7) is 3.82. The highest BCUT2D eigenvalue weighted by Gasteiger charge is 2.53. The molecule has 2 fully saturated rings. The van der Waals surface area contributed by atoms with E-state index < -0.39 is 0 Å². The van der Waals surface area contributed by atoms with Gasteiger partial charge in [-0.2, -0.15) is 0 Å². The molecule has 5 unspecified atom stereocenters. The molecule has 3 aliphatic rings. The van der Waals surface area contributed by atoms with E-state index in [2.05, 4.69) is 24.4 Å². The van der Waals surface area contributed by atoms with Gasteiger partial charge in [-0.05, 0) is 99.0 Å². The molecule has 5 nitrogen and oxygen atoms in total. The van der Waals surface area contributed by atoms with Gasteiger partial charge in [-0.15, -0.1) is 0 Å². The van der Waals surface area contributed by atoms with E-state index >= 15 is 0 Å². The highest BCUT2D eigenvalue weighted by Crippen LogP contribution is 2.60. The van der Waals surface area contributed by atoms with E-state index in [1.54, 1.807) is 0 Å². The Morgan fingerprint density at radius 2 is 2.11 bits per heavy atom. The standard InChI is InChI=1S/C23H35N3O2/c1-23-11-10-18-17-7-5-16(28-22(27)25-12-13-26(2)3)14-15(17)4-6-19(18)20(23)8-9-21(23)24/h5,7,14,18-21H,4,6,8-13,24H2,1-3H3,(H,25,27). The van der Waals surface area contributed by atoms with Crippen molar-refractivity contribution in [3.8, 4) is 5.75 Å². The van der Waals surface area contributed by atoms with Crippen LogP contribution in [0.4, 0.5) is 4.79 Å². The molecule has 0 saturated heterocycles. The number of nitrogens with zero attached hydrogens (tertiary/aromatic N) is 1. The summed E-state index contributed by atoms with van der Waals surface area (Å²) in [4.78, 5) is 14.0. The number of fused-ring (bicyclic) bond motifs is 5. The van der Waals surface area contributed by atoms with Gasteiger partial charge in [-0.1, -0.05) is 13.0 Å². The number of likely N-dealkylation sites (N-methyl/N-ethyl adjacent to an activating group) is 1. The highest BCUT2D eigenvalue weighted by atomic mass is 16.6. The van der Waals surface area contributed by atoms with Crippen molar-refractivity contribution in [2.24, 2.45) is 23.0 Å². The molecule has 1 aromatic rings. The average Bonchev–Trinajstić information content (AvgIpc) is 2.96. The van der Waals surface area contributed by atoms with E-state index in [4.69, 9.17) is 10.5 Å². The second-order valence-corrected chi connectivity index (χ2v) is 9.62. The first-order chi connectivity index (χ1) is 13.4. The summed E-state index contributed by atoms with van der Waals surface area (Å²) in [7, 11) is 3.97. The van der Waals surface area contributed by atoms with E-state index in [0.717, 1.165) is 24.8 Å². The molecular formula is C23H35N3O2. The topological polar surface area (TPSA) is 67.6 Å². The number of hydrogen-bond donors (Lipinski definition) is 2. The fourth-order valence-electron chi connectivity index (χ4n) is 6.19. The van der Waals surface area contributed by atoms with Gasteiger partial charge >= 0.3 is 6.09 Å². The molecular weight excluding hydrogens is 350 g/mol. The van der Waals surface area contributed by atoms with Crippen molar-refractivity contribution in [1.82, 2.24) is 10.2 Å². The van der Waals surface area contributed by atoms with Gasteiger partial charge in [0.1, 0.15) is 5.75 Å². The SMILES string of the molecule is CN(C)CCNC(=O)Oc1ccc2c(c1)CCC1C2CCC2(C)C(N)CCC12. The largest absolute Gasteiger partial charge is 0.412 e. The summed E-state index contributed by atoms with van der Waals surface area (Å²) in [6.07, 6.45) is 6.91. The summed E-state index contributed by atoms with van der Waals surface area (Å²) in [5.41, 5.74) is 9.69. The molecule has 3 N–H and O–H groups in total. The summed E-state index contributed by atoms with van der Waals surface area (Å²) < 4.78 is 5.51. The zero-order chi connectivity index (χ0) is 19.9. The molecule has 154 valence electrons. The number of aryl methyl sites for hydroxylation is 1. The lowest BCUT2D eigenvalue weighted by Gasteiger charge is -2.50. The first kappa shape index (κ1) is 19.7. The minimum Gasteiger partial charge on any atom is -0.410 e. The maximum Gasteiger partial charge on any atom is 0.412 e. The monoisotopic (exact) mass is 385 g/mol. The number of carbonyl (C=O) groups is 1. The first-order valence-electron chi connectivity index (χ1n) is 10.9. The molecule has 5 heteroatoms. The molecule has 2 saturated carbocycles. The number of benzene rings is 1. The third-order valence-corrected chi connectivity index (χ3v) is 7.81. The van der Waals surface area contributed by atoms with Crippen molar-refractivity contribution in [1.29, 1.82) is 0 Å². The number of nitrogens with one attached hydrogen (secondary N) is 1. The van der Waals surface area contributed by atoms with E-state index in [0.29, 0.717) is 29.7 Å². The lowest BCUT2D eigenvalue weighted by Crippen LogP contribution is -2.46. The van der Waals surface area contributed by atoms with E-state index in [1.165, 1.54) is 43.2 Å². The van der Waals surface area contributed by atoms with Crippen LogP contribution in [-0.4, -0.2) is 44.2 Å². The Morgan fingerprint density at radius 1 is 1.29 bits per heavy atom. The molecule has 5 atom stereocenters. The quantitative estimate of drug-likeness (QED) is 0.832. The zero-order valence-electron chi connectivity index (χ0n) is 17.5. The molecule has 0 aliphatic heterocycles. The maximum atomic E-state index is 12.0. The molecule has 0 aromatic heterocycles. The van der Waals surface area contributed by atoms with Crippen molar-refractivity contribution < 1.29 is 9.53 Å². The van der Waals surface area contributed by atoms with Crippen molar-refractivity contribution in [3.05, 3.63) is 29.3 Å². The number of ether oxygens (including phenoxy) is 1. The normalized spacial score (nSPS) is 33.8. The van der Waals surface area contributed by atoms with Crippen LogP contribution in [0.1, 0.15) is 56.1 Å². The molecule has 0 spiro atoms. The lowest BCUT2D eigenvalue weighted by atomic mass is 9.55. The van der Waals surface area contributed by atoms with Gasteiger partial charge in [0.2, 0.25) is 0 Å². The fraction of sp³-hybridized carbons (Fsp3) is 0.696. The molecule has 0 radical (unpaired) electrons. The van der Waals surface area contributed by atoms with Crippen LogP contribution in [0, 0.1) is 17.3 Å². The van der Waals surface area contributed by atoms with Crippen LogP contribution in [0.3, 0.4) is 0 Å². The fourth-order valence-corrected chi connectivity index (χ4v) is 6.19. The Labute approximate surface area is 169 Å². The molecule has 0 heterocycles. The van der Waals surface area contributed by atoms with Crippen LogP contribution < -0.4 is 15.8 Å². The van der Waals surface area contributed by atoms with Crippen LogP contribution in [0.25, 0.3) is 0 Å². The Bertz CT molecular complexity index is 735. The Kier molecular flexibility index (Phi) is 5.41. The molecule has 3 aliphatic carbocycles. The Hall–Kier alpha value is -1.59. The number of hydrogen-bond acceptors (Lipinski definition) is 4. The molecule has 1 aromatic carbocycles. The predicted molar refractivity (Wildman–Crippen MR) is 112 cm³/mol. The van der Waals surface area contributed by atoms with Crippen molar-refractivity contribution in [2.75, 3.05) is 27.2 Å². The molecule has 4 rings (SSSR count). The third-order valence-electron chi connectivity index (χ3n) is 7.81. The summed E-state index contributed by atoms with van der Waals surface area (Å²) in [5.74, 6) is 2.84. The van der Waals surface area contributed by atoms with Gasteiger partial charge in [-0.25, -0.2) is 4.79 Å². The minimum absolute atomic E-state index is 0.340. The summed E-state index contributed by atoms with van der Waals surface area (Å²) >= 11 is 0. The summed E-state index contributed by atoms with van der Waals surface area (Å²) in [6, 6.07) is 6.65. The zero-order valence-corrected chi connectivity index (χ0v) is 17.5. The Balaban J connectivity index is 1.44. The van der Waals surface area contributed by atoms with E-state index in [-0.39, 0.29) is 6.09 Å². The van der Waals surface area contributed by atoms with Crippen LogP contribution in [0.2, 0.25) is 0 Å². The van der Waals surface area contributed by atoms with E-state index in [1.807, 2.05) is 25.1 Å². The third kappa shape index (κ3) is 3.55. The predicted octanol–water partition coefficient (Wildman–Crippen LogP) is 3.52. The van der Waals surface area contributed by atoms with E-state index in [9.17, 15) is 4.79 Å². The molecule has 0 bridgehead atoms. The Morgan fingerprint density at radius 3 is 2.89 bits per heavy atom. The number of carbonyl (C=O) groups excluding carboxylic acids is 1. The average molecular weight is 386 g/mol. The number of rotatable bonds is 4. The highest BCUT2D eigenvalue weighted by molar-refractivity contribution is 5.70. The van der Waals surface area contributed by atoms with Crippen LogP contribution >= 0.6 is 0 Å². The van der Waals surface area contributed by atoms with Crippen LogP contribution in [-0.2, 0) is 6.42 Å². The second-order valence-electron chi connectivity index (χ2n) is 9.62. The van der Waals surface area contributed by atoms with Gasteiger partial charge in [0.05, 0.1) is 0 Å². The lowest BCUT2D eigenvalue weighted by molar-refractivity contribution is 0.0496. The van der Waals surface area contributed by atoms with Gasteiger partial charge < -0.3 is 20.7 Å². The minimum atomic E-state index is -0.371. The van der Waals surface area contributed by atoms with Crippen LogP contribution in [0.5, 0.6) is 5.75 Å². The number of nitrogens with two attached hydrogens (primary N) is 1.